The van der Waals surface area contributed by atoms with Crippen molar-refractivity contribution < 1.29 is 9.47 Å². The van der Waals surface area contributed by atoms with Gasteiger partial charge in [-0.25, -0.2) is 0 Å². The quantitative estimate of drug-likeness (QED) is 0.652. The molecule has 0 spiro atoms. The number of halogens is 1. The first-order chi connectivity index (χ1) is 9.60. The van der Waals surface area contributed by atoms with E-state index in [4.69, 9.17) is 9.47 Å². The highest BCUT2D eigenvalue weighted by Gasteiger charge is 2.17. The Morgan fingerprint density at radius 1 is 1.35 bits per heavy atom. The molecule has 110 valence electrons. The zero-order chi connectivity index (χ0) is 14.5. The number of nitrogens with zero attached hydrogens (tertiary/aromatic N) is 1. The highest BCUT2D eigenvalue weighted by atomic mass is 79.9. The Morgan fingerprint density at radius 2 is 2.15 bits per heavy atom. The van der Waals surface area contributed by atoms with E-state index >= 15 is 0 Å². The molecule has 6 heteroatoms. The van der Waals surface area contributed by atoms with Gasteiger partial charge in [0.25, 0.3) is 0 Å². The van der Waals surface area contributed by atoms with Gasteiger partial charge >= 0.3 is 0 Å². The molecule has 5 nitrogen and oxygen atoms in total. The normalized spacial score (nSPS) is 13.8. The fraction of sp³-hybridized carbons (Fsp3) is 0.500. The molecule has 0 fully saturated rings. The topological polar surface area (TPSA) is 54.9 Å². The zero-order valence-corrected chi connectivity index (χ0v) is 13.6. The Balaban J connectivity index is 1.95. The molecule has 2 rings (SSSR count). The first-order valence-corrected chi connectivity index (χ1v) is 7.42. The van der Waals surface area contributed by atoms with Crippen molar-refractivity contribution in [2.75, 3.05) is 20.4 Å². The summed E-state index contributed by atoms with van der Waals surface area (Å²) >= 11 is 3.49. The Hall–Kier alpha value is -1.43. The third kappa shape index (κ3) is 3.79. The molecule has 1 aliphatic rings. The van der Waals surface area contributed by atoms with Crippen LogP contribution >= 0.6 is 15.9 Å². The molecule has 0 unspecified atom stereocenters. The third-order valence-corrected chi connectivity index (χ3v) is 3.44. The molecule has 0 saturated heterocycles. The summed E-state index contributed by atoms with van der Waals surface area (Å²) < 4.78 is 11.7. The van der Waals surface area contributed by atoms with Crippen LogP contribution in [0.1, 0.15) is 19.4 Å². The molecular formula is C14H20BrN3O2. The Kier molecular flexibility index (Phi) is 5.11. The van der Waals surface area contributed by atoms with Crippen molar-refractivity contribution in [2.24, 2.45) is 10.9 Å². The first kappa shape index (κ1) is 15.0. The summed E-state index contributed by atoms with van der Waals surface area (Å²) in [5.41, 5.74) is 1.11. The molecule has 0 bridgehead atoms. The maximum atomic E-state index is 5.41. The number of ether oxygens (including phenoxy) is 2. The van der Waals surface area contributed by atoms with E-state index in [1.54, 1.807) is 7.05 Å². The van der Waals surface area contributed by atoms with Crippen molar-refractivity contribution in [1.82, 2.24) is 10.6 Å². The van der Waals surface area contributed by atoms with Gasteiger partial charge in [-0.2, -0.15) is 0 Å². The van der Waals surface area contributed by atoms with Crippen LogP contribution in [0.5, 0.6) is 11.5 Å². The van der Waals surface area contributed by atoms with Crippen LogP contribution in [0.3, 0.4) is 0 Å². The molecule has 1 aliphatic heterocycles. The van der Waals surface area contributed by atoms with E-state index in [0.717, 1.165) is 34.0 Å². The molecule has 20 heavy (non-hydrogen) atoms. The van der Waals surface area contributed by atoms with Crippen LogP contribution in [0.2, 0.25) is 0 Å². The van der Waals surface area contributed by atoms with Gasteiger partial charge in [0, 0.05) is 20.1 Å². The van der Waals surface area contributed by atoms with Crippen LogP contribution in [0.25, 0.3) is 0 Å². The minimum Gasteiger partial charge on any atom is -0.454 e. The fourth-order valence-electron chi connectivity index (χ4n) is 1.83. The van der Waals surface area contributed by atoms with E-state index < -0.39 is 0 Å². The highest BCUT2D eigenvalue weighted by molar-refractivity contribution is 9.10. The average Bonchev–Trinajstić information content (AvgIpc) is 2.87. The Morgan fingerprint density at radius 3 is 2.85 bits per heavy atom. The Labute approximate surface area is 127 Å². The van der Waals surface area contributed by atoms with Gasteiger partial charge in [0.1, 0.15) is 0 Å². The van der Waals surface area contributed by atoms with E-state index in [0.29, 0.717) is 12.5 Å². The van der Waals surface area contributed by atoms with Crippen LogP contribution in [0.4, 0.5) is 0 Å². The van der Waals surface area contributed by atoms with Crippen molar-refractivity contribution in [1.29, 1.82) is 0 Å². The summed E-state index contributed by atoms with van der Waals surface area (Å²) in [4.78, 5) is 4.20. The smallest absolute Gasteiger partial charge is 0.231 e. The van der Waals surface area contributed by atoms with Gasteiger partial charge < -0.3 is 20.1 Å². The van der Waals surface area contributed by atoms with Gasteiger partial charge in [-0.1, -0.05) is 13.8 Å². The van der Waals surface area contributed by atoms with E-state index in [9.17, 15) is 0 Å². The monoisotopic (exact) mass is 341 g/mol. The second kappa shape index (κ2) is 6.83. The molecule has 0 saturated carbocycles. The largest absolute Gasteiger partial charge is 0.454 e. The summed E-state index contributed by atoms with van der Waals surface area (Å²) in [5, 5.41) is 6.56. The summed E-state index contributed by atoms with van der Waals surface area (Å²) in [6, 6.07) is 4.01. The second-order valence-corrected chi connectivity index (χ2v) is 5.87. The summed E-state index contributed by atoms with van der Waals surface area (Å²) in [7, 11) is 1.77. The number of aliphatic imine (C=N–C) groups is 1. The Bertz CT molecular complexity index is 503. The SMILES string of the molecule is CN=C(NCc1cc(Br)c2c(c1)OCO2)NCC(C)C. The lowest BCUT2D eigenvalue weighted by atomic mass is 10.2. The predicted molar refractivity (Wildman–Crippen MR) is 83.3 cm³/mol. The van der Waals surface area contributed by atoms with Gasteiger partial charge in [0.05, 0.1) is 4.47 Å². The molecule has 0 amide bonds. The van der Waals surface area contributed by atoms with Crippen LogP contribution in [-0.4, -0.2) is 26.3 Å². The molecule has 1 heterocycles. The summed E-state index contributed by atoms with van der Waals surface area (Å²) in [6.45, 7) is 6.17. The number of guanidine groups is 1. The van der Waals surface area contributed by atoms with Crippen molar-refractivity contribution in [2.45, 2.75) is 20.4 Å². The van der Waals surface area contributed by atoms with Gasteiger partial charge in [-0.3, -0.25) is 4.99 Å². The molecule has 0 aliphatic carbocycles. The minimum atomic E-state index is 0.280. The lowest BCUT2D eigenvalue weighted by molar-refractivity contribution is 0.173. The first-order valence-electron chi connectivity index (χ1n) is 6.62. The lowest BCUT2D eigenvalue weighted by Crippen LogP contribution is -2.38. The second-order valence-electron chi connectivity index (χ2n) is 5.01. The van der Waals surface area contributed by atoms with Crippen LogP contribution in [-0.2, 0) is 6.54 Å². The number of hydrogen-bond acceptors (Lipinski definition) is 3. The molecule has 0 aromatic heterocycles. The van der Waals surface area contributed by atoms with Crippen LogP contribution in [0, 0.1) is 5.92 Å². The van der Waals surface area contributed by atoms with Crippen molar-refractivity contribution in [3.63, 3.8) is 0 Å². The molecule has 0 radical (unpaired) electrons. The number of benzene rings is 1. The van der Waals surface area contributed by atoms with E-state index in [-0.39, 0.29) is 6.79 Å². The number of fused-ring (bicyclic) bond motifs is 1. The van der Waals surface area contributed by atoms with Crippen molar-refractivity contribution in [3.05, 3.63) is 22.2 Å². The summed E-state index contributed by atoms with van der Waals surface area (Å²) in [5.74, 6) is 2.93. The van der Waals surface area contributed by atoms with Crippen molar-refractivity contribution in [3.8, 4) is 11.5 Å². The number of hydrogen-bond donors (Lipinski definition) is 2. The standard InChI is InChI=1S/C14H20BrN3O2/c1-9(2)6-17-14(16-3)18-7-10-4-11(15)13-12(5-10)19-8-20-13/h4-5,9H,6-8H2,1-3H3,(H2,16,17,18). The van der Waals surface area contributed by atoms with Crippen LogP contribution in [0.15, 0.2) is 21.6 Å². The highest BCUT2D eigenvalue weighted by Crippen LogP contribution is 2.39. The van der Waals surface area contributed by atoms with Gasteiger partial charge in [0.2, 0.25) is 6.79 Å². The maximum absolute atomic E-state index is 5.41. The molecule has 1 aromatic carbocycles. The number of rotatable bonds is 4. The molecular weight excluding hydrogens is 322 g/mol. The molecule has 1 aromatic rings. The van der Waals surface area contributed by atoms with Crippen molar-refractivity contribution >= 4 is 21.9 Å². The van der Waals surface area contributed by atoms with Gasteiger partial charge in [-0.15, -0.1) is 0 Å². The predicted octanol–water partition coefficient (Wildman–Crippen LogP) is 2.50. The lowest BCUT2D eigenvalue weighted by Gasteiger charge is -2.14. The van der Waals surface area contributed by atoms with Gasteiger partial charge in [-0.05, 0) is 39.5 Å². The molecule has 2 N–H and O–H groups in total. The zero-order valence-electron chi connectivity index (χ0n) is 12.0. The fourth-order valence-corrected chi connectivity index (χ4v) is 2.43. The maximum Gasteiger partial charge on any atom is 0.231 e. The minimum absolute atomic E-state index is 0.280. The van der Waals surface area contributed by atoms with E-state index in [2.05, 4.69) is 45.4 Å². The average molecular weight is 342 g/mol. The van der Waals surface area contributed by atoms with E-state index in [1.165, 1.54) is 0 Å². The van der Waals surface area contributed by atoms with E-state index in [1.807, 2.05) is 12.1 Å². The third-order valence-electron chi connectivity index (χ3n) is 2.85. The van der Waals surface area contributed by atoms with Gasteiger partial charge in [0.15, 0.2) is 17.5 Å². The van der Waals surface area contributed by atoms with Crippen LogP contribution < -0.4 is 20.1 Å². The summed E-state index contributed by atoms with van der Waals surface area (Å²) in [6.07, 6.45) is 0. The molecule has 0 atom stereocenters. The number of nitrogens with one attached hydrogen (secondary N) is 2.